The molecule has 1 saturated heterocycles. The second-order valence-electron chi connectivity index (χ2n) is 20.0. The molecule has 27 nitrogen and oxygen atoms in total. The molecule has 2 aromatic heterocycles. The smallest absolute Gasteiger partial charge is 0.243 e. The number of aliphatic imine (C=N–C) groups is 2. The van der Waals surface area contributed by atoms with Crippen LogP contribution in [0.15, 0.2) is 83.3 Å². The number of nitrogens with one attached hydrogen (secondary N) is 11. The van der Waals surface area contributed by atoms with Crippen LogP contribution in [0.1, 0.15) is 88.0 Å². The topological polar surface area (TPSA) is 438 Å². The van der Waals surface area contributed by atoms with Crippen molar-refractivity contribution in [2.45, 2.75) is 145 Å². The van der Waals surface area contributed by atoms with E-state index in [4.69, 9.17) is 22.9 Å². The number of aromatic amines is 2. The number of nitrogens with zero attached hydrogens (tertiary/aromatic N) is 3. The molecule has 2 aliphatic rings. The van der Waals surface area contributed by atoms with E-state index < -0.39 is 95.8 Å². The van der Waals surface area contributed by atoms with E-state index in [1.807, 2.05) is 24.3 Å². The molecule has 3 heterocycles. The average molecular weight is 1110 g/mol. The van der Waals surface area contributed by atoms with Gasteiger partial charge in [-0.1, -0.05) is 48.5 Å². The highest BCUT2D eigenvalue weighted by molar-refractivity contribution is 5.96. The number of hydrogen-bond donors (Lipinski definition) is 16. The van der Waals surface area contributed by atoms with Gasteiger partial charge < -0.3 is 80.5 Å². The highest BCUT2D eigenvalue weighted by Crippen LogP contribution is 2.21. The summed E-state index contributed by atoms with van der Waals surface area (Å²) in [4.78, 5) is 131. The summed E-state index contributed by atoms with van der Waals surface area (Å²) in [6.45, 7) is 1.49. The second-order valence-corrected chi connectivity index (χ2v) is 20.0. The molecule has 1 saturated carbocycles. The summed E-state index contributed by atoms with van der Waals surface area (Å²) in [7, 11) is 0. The molecule has 80 heavy (non-hydrogen) atoms. The molecule has 1 aliphatic heterocycles. The summed E-state index contributed by atoms with van der Waals surface area (Å²) in [6.07, 6.45) is 4.47. The predicted octanol–water partition coefficient (Wildman–Crippen LogP) is -2.80. The van der Waals surface area contributed by atoms with Crippen LogP contribution in [0.3, 0.4) is 0 Å². The molecule has 0 spiro atoms. The zero-order chi connectivity index (χ0) is 57.6. The van der Waals surface area contributed by atoms with Crippen molar-refractivity contribution in [3.8, 4) is 0 Å². The maximum absolute atomic E-state index is 14.9. The number of imidazole rings is 1. The minimum absolute atomic E-state index is 0.0134. The summed E-state index contributed by atoms with van der Waals surface area (Å²) in [5, 5.41) is 38.4. The molecule has 0 bridgehead atoms. The van der Waals surface area contributed by atoms with Crippen LogP contribution in [0.25, 0.3) is 10.9 Å². The standard InChI is InChI=1S/C53H76N18O9/c1-30(72)64-37(14-8-22-60-52(54)55)46(75)68-40-19-20-44(73)59-21-7-15-38(45(74)65-33-17-18-33)66-50(79)42(25-32-27-62-36-13-6-5-12-35(32)36)70-47(76)39(16-9-23-61-53(56)57)67-49(78)41(24-31-10-3-2-4-11-31)69-51(80)43(71-48(40)77)26-34-28-58-29-63-34/h2-6,10-13,27-29,33,37-43,47,62,70,76H,7-9,14-26H2,1H3,(H,58,63)(H,59,73)(H,64,72)(H,65,74)(H,66,79)(H,67,78)(H,68,75)(H,69,80)(H,71,77)(H4,54,55,60)(H4,56,57,61)/t37-,38-,39-,40-,41+,42-,43-,47?/m0/s1. The lowest BCUT2D eigenvalue weighted by Crippen LogP contribution is -2.62. The molecule has 2 fully saturated rings. The number of carbonyl (C=O) groups excluding carboxylic acids is 8. The number of para-hydroxylation sites is 1. The van der Waals surface area contributed by atoms with Crippen molar-refractivity contribution in [3.05, 3.63) is 90.1 Å². The maximum atomic E-state index is 14.9. The largest absolute Gasteiger partial charge is 0.376 e. The van der Waals surface area contributed by atoms with Gasteiger partial charge in [0.2, 0.25) is 47.3 Å². The molecule has 432 valence electrons. The van der Waals surface area contributed by atoms with Crippen molar-refractivity contribution in [3.63, 3.8) is 0 Å². The first-order chi connectivity index (χ1) is 38.4. The first-order valence-electron chi connectivity index (χ1n) is 26.9. The Balaban J connectivity index is 1.37. The third-order valence-corrected chi connectivity index (χ3v) is 13.5. The van der Waals surface area contributed by atoms with Crippen molar-refractivity contribution in [2.75, 3.05) is 19.6 Å². The first kappa shape index (κ1) is 60.6. The number of guanidine groups is 2. The Hall–Kier alpha value is -8.59. The van der Waals surface area contributed by atoms with Crippen molar-refractivity contribution in [2.24, 2.45) is 32.9 Å². The molecule has 27 heteroatoms. The van der Waals surface area contributed by atoms with Crippen LogP contribution in [0, 0.1) is 0 Å². The van der Waals surface area contributed by atoms with Gasteiger partial charge in [-0.3, -0.25) is 53.7 Å². The lowest BCUT2D eigenvalue weighted by molar-refractivity contribution is -0.135. The Labute approximate surface area is 462 Å². The Morgan fingerprint density at radius 3 is 2.12 bits per heavy atom. The zero-order valence-corrected chi connectivity index (χ0v) is 44.8. The molecule has 0 radical (unpaired) electrons. The van der Waals surface area contributed by atoms with Crippen molar-refractivity contribution >= 4 is 70.1 Å². The Kier molecular flexibility index (Phi) is 23.1. The van der Waals surface area contributed by atoms with Crippen molar-refractivity contribution in [1.82, 2.24) is 62.8 Å². The van der Waals surface area contributed by atoms with E-state index >= 15 is 0 Å². The van der Waals surface area contributed by atoms with Gasteiger partial charge in [0.15, 0.2) is 11.9 Å². The van der Waals surface area contributed by atoms with Crippen LogP contribution in [0.5, 0.6) is 0 Å². The summed E-state index contributed by atoms with van der Waals surface area (Å²) >= 11 is 0. The summed E-state index contributed by atoms with van der Waals surface area (Å²) in [6, 6.07) is 7.28. The molecular weight excluding hydrogens is 1030 g/mol. The van der Waals surface area contributed by atoms with Crippen LogP contribution in [-0.4, -0.2) is 153 Å². The number of rotatable bonds is 19. The summed E-state index contributed by atoms with van der Waals surface area (Å²) < 4.78 is 0. The third-order valence-electron chi connectivity index (χ3n) is 13.5. The van der Waals surface area contributed by atoms with Gasteiger partial charge in [-0.2, -0.15) is 0 Å². The van der Waals surface area contributed by atoms with Gasteiger partial charge in [-0.05, 0) is 81.4 Å². The highest BCUT2D eigenvalue weighted by atomic mass is 16.3. The van der Waals surface area contributed by atoms with Gasteiger partial charge in [0.25, 0.3) is 0 Å². The van der Waals surface area contributed by atoms with Crippen molar-refractivity contribution < 1.29 is 43.5 Å². The van der Waals surface area contributed by atoms with E-state index in [1.165, 1.54) is 19.4 Å². The third kappa shape index (κ3) is 20.0. The molecule has 2 aromatic carbocycles. The Morgan fingerprint density at radius 1 is 0.750 bits per heavy atom. The van der Waals surface area contributed by atoms with Crippen LogP contribution < -0.4 is 70.8 Å². The zero-order valence-electron chi connectivity index (χ0n) is 44.8. The van der Waals surface area contributed by atoms with E-state index in [2.05, 4.69) is 72.8 Å². The average Bonchev–Trinajstić information content (AvgIpc) is 3.92. The van der Waals surface area contributed by atoms with E-state index in [9.17, 15) is 43.5 Å². The van der Waals surface area contributed by atoms with Gasteiger partial charge in [0.05, 0.1) is 18.4 Å². The highest BCUT2D eigenvalue weighted by Gasteiger charge is 2.36. The quantitative estimate of drug-likeness (QED) is 0.0256. The van der Waals surface area contributed by atoms with Gasteiger partial charge in [0, 0.05) is 80.9 Å². The number of aliphatic hydroxyl groups excluding tert-OH is 1. The Bertz CT molecular complexity index is 2780. The van der Waals surface area contributed by atoms with E-state index in [0.29, 0.717) is 16.8 Å². The number of carbonyl (C=O) groups is 8. The number of amides is 8. The lowest BCUT2D eigenvalue weighted by atomic mass is 10.0. The molecule has 1 unspecified atom stereocenters. The molecular formula is C53H76N18O9. The first-order valence-corrected chi connectivity index (χ1v) is 26.9. The fourth-order valence-corrected chi connectivity index (χ4v) is 9.14. The van der Waals surface area contributed by atoms with Gasteiger partial charge in [0.1, 0.15) is 36.4 Å². The lowest BCUT2D eigenvalue weighted by Gasteiger charge is -2.31. The SMILES string of the molecule is CC(=O)N[C@@H](CCCN=C(N)N)C(=O)N[C@H]1CCC(=O)NCCC[C@@H](C(=O)NC2CC2)NC(=O)[C@H](Cc2c[nH]c3ccccc23)NC(O)[C@H](CCCN=C(N)N)NC(=O)[C@@H](Cc2ccccc2)NC(=O)[C@H](Cc2cnc[nH]2)NC1=O. The summed E-state index contributed by atoms with van der Waals surface area (Å²) in [5.41, 5.74) is 24.8. The molecule has 8 atom stereocenters. The van der Waals surface area contributed by atoms with Crippen LogP contribution in [0.4, 0.5) is 0 Å². The van der Waals surface area contributed by atoms with Gasteiger partial charge in [-0.25, -0.2) is 4.98 Å². The van der Waals surface area contributed by atoms with Gasteiger partial charge >= 0.3 is 0 Å². The number of H-pyrrole nitrogens is 2. The number of aliphatic hydroxyl groups is 1. The van der Waals surface area contributed by atoms with Crippen LogP contribution in [0.2, 0.25) is 0 Å². The molecule has 1 aliphatic carbocycles. The van der Waals surface area contributed by atoms with E-state index in [0.717, 1.165) is 23.7 Å². The number of fused-ring (bicyclic) bond motifs is 1. The second kappa shape index (κ2) is 30.5. The minimum Gasteiger partial charge on any atom is -0.376 e. The predicted molar refractivity (Wildman–Crippen MR) is 297 cm³/mol. The molecule has 4 aromatic rings. The molecule has 6 rings (SSSR count). The maximum Gasteiger partial charge on any atom is 0.243 e. The number of nitrogens with two attached hydrogens (primary N) is 4. The number of benzene rings is 2. The fraction of sp³-hybridized carbons (Fsp3) is 0.491. The van der Waals surface area contributed by atoms with Gasteiger partial charge in [-0.15, -0.1) is 0 Å². The van der Waals surface area contributed by atoms with Crippen LogP contribution >= 0.6 is 0 Å². The molecule has 8 amide bonds. The normalized spacial score (nSPS) is 22.4. The monoisotopic (exact) mass is 1110 g/mol. The Morgan fingerprint density at radius 2 is 1.43 bits per heavy atom. The number of hydrogen-bond acceptors (Lipinski definition) is 13. The molecule has 20 N–H and O–H groups in total. The van der Waals surface area contributed by atoms with Crippen LogP contribution in [-0.2, 0) is 57.6 Å². The fourth-order valence-electron chi connectivity index (χ4n) is 9.14. The summed E-state index contributed by atoms with van der Waals surface area (Å²) in [5.74, 6) is -5.74. The van der Waals surface area contributed by atoms with E-state index in [1.54, 1.807) is 36.5 Å². The minimum atomic E-state index is -1.65. The van der Waals surface area contributed by atoms with E-state index in [-0.39, 0.29) is 108 Å². The number of aromatic nitrogens is 3. The van der Waals surface area contributed by atoms with Crippen molar-refractivity contribution in [1.29, 1.82) is 0 Å².